The fourth-order valence-corrected chi connectivity index (χ4v) is 1.05. The van der Waals surface area contributed by atoms with Gasteiger partial charge in [-0.15, -0.1) is 0 Å². The molecule has 1 aromatic heterocycles. The fraction of sp³-hybridized carbons (Fsp3) is 0.500. The summed E-state index contributed by atoms with van der Waals surface area (Å²) in [7, 11) is 1.32. The number of H-pyrrole nitrogens is 1. The van der Waals surface area contributed by atoms with Gasteiger partial charge in [0, 0.05) is 18.3 Å². The first-order valence-corrected chi connectivity index (χ1v) is 3.97. The number of imidazole rings is 1. The second-order valence-electron chi connectivity index (χ2n) is 2.83. The van der Waals surface area contributed by atoms with Crippen LogP contribution in [0.4, 0.5) is 0 Å². The first kappa shape index (κ1) is 9.73. The van der Waals surface area contributed by atoms with Crippen molar-refractivity contribution in [2.75, 3.05) is 7.11 Å². The summed E-state index contributed by atoms with van der Waals surface area (Å²) in [5, 5.41) is 0. The minimum Gasteiger partial charge on any atom is -0.468 e. The van der Waals surface area contributed by atoms with Crippen LogP contribution >= 0.6 is 0 Å². The number of hydrogen-bond acceptors (Lipinski definition) is 4. The summed E-state index contributed by atoms with van der Waals surface area (Å²) in [5.74, 6) is 0.402. The summed E-state index contributed by atoms with van der Waals surface area (Å²) in [6.07, 6.45) is 2.09. The molecule has 1 rings (SSSR count). The van der Waals surface area contributed by atoms with Crippen molar-refractivity contribution in [1.29, 1.82) is 0 Å². The lowest BCUT2D eigenvalue weighted by molar-refractivity contribution is -0.142. The Morgan fingerprint density at radius 1 is 1.85 bits per heavy atom. The molecular formula is C8H13N3O2. The SMILES string of the molecule is COC(=O)[C@@H](N)Cc1cnc(C)[nH]1. The first-order valence-electron chi connectivity index (χ1n) is 3.97. The number of hydrogen-bond donors (Lipinski definition) is 2. The highest BCUT2D eigenvalue weighted by atomic mass is 16.5. The molecule has 0 bridgehead atoms. The summed E-state index contributed by atoms with van der Waals surface area (Å²) >= 11 is 0. The number of aromatic nitrogens is 2. The van der Waals surface area contributed by atoms with Gasteiger partial charge in [0.2, 0.25) is 0 Å². The second-order valence-corrected chi connectivity index (χ2v) is 2.83. The van der Waals surface area contributed by atoms with Crippen LogP contribution in [0, 0.1) is 6.92 Å². The molecule has 72 valence electrons. The van der Waals surface area contributed by atoms with Crippen LogP contribution in [-0.2, 0) is 16.0 Å². The first-order chi connectivity index (χ1) is 6.13. The average molecular weight is 183 g/mol. The van der Waals surface area contributed by atoms with Crippen LogP contribution in [0.5, 0.6) is 0 Å². The Bertz CT molecular complexity index is 295. The number of aryl methyl sites for hydroxylation is 1. The van der Waals surface area contributed by atoms with Crippen LogP contribution in [-0.4, -0.2) is 29.1 Å². The molecule has 0 aliphatic rings. The molecule has 1 heterocycles. The molecule has 0 unspecified atom stereocenters. The van der Waals surface area contributed by atoms with Gasteiger partial charge in [0.1, 0.15) is 11.9 Å². The van der Waals surface area contributed by atoms with Crippen LogP contribution in [0.15, 0.2) is 6.20 Å². The number of ether oxygens (including phenoxy) is 1. The maximum Gasteiger partial charge on any atom is 0.323 e. The molecule has 0 amide bonds. The van der Waals surface area contributed by atoms with Gasteiger partial charge >= 0.3 is 5.97 Å². The van der Waals surface area contributed by atoms with E-state index in [4.69, 9.17) is 5.73 Å². The maximum absolute atomic E-state index is 10.9. The van der Waals surface area contributed by atoms with E-state index in [9.17, 15) is 4.79 Å². The van der Waals surface area contributed by atoms with E-state index >= 15 is 0 Å². The predicted molar refractivity (Wildman–Crippen MR) is 47.0 cm³/mol. The molecule has 0 radical (unpaired) electrons. The second kappa shape index (κ2) is 4.04. The molecule has 0 aliphatic carbocycles. The molecule has 5 nitrogen and oxygen atoms in total. The maximum atomic E-state index is 10.9. The zero-order chi connectivity index (χ0) is 9.84. The van der Waals surface area contributed by atoms with Gasteiger partial charge in [0.25, 0.3) is 0 Å². The highest BCUT2D eigenvalue weighted by Crippen LogP contribution is 2.00. The molecule has 0 fully saturated rings. The van der Waals surface area contributed by atoms with E-state index in [1.807, 2.05) is 6.92 Å². The van der Waals surface area contributed by atoms with E-state index in [0.717, 1.165) is 11.5 Å². The summed E-state index contributed by atoms with van der Waals surface area (Å²) in [5.41, 5.74) is 6.39. The number of esters is 1. The van der Waals surface area contributed by atoms with E-state index in [1.165, 1.54) is 7.11 Å². The average Bonchev–Trinajstić information content (AvgIpc) is 2.49. The number of methoxy groups -OCH3 is 1. The van der Waals surface area contributed by atoms with E-state index in [1.54, 1.807) is 6.20 Å². The molecule has 13 heavy (non-hydrogen) atoms. The number of carbonyl (C=O) groups excluding carboxylic acids is 1. The summed E-state index contributed by atoms with van der Waals surface area (Å²) in [6.45, 7) is 1.84. The Morgan fingerprint density at radius 3 is 3.00 bits per heavy atom. The molecule has 0 saturated carbocycles. The number of nitrogens with one attached hydrogen (secondary N) is 1. The van der Waals surface area contributed by atoms with Crippen LogP contribution < -0.4 is 5.73 Å². The van der Waals surface area contributed by atoms with Gasteiger partial charge in [-0.05, 0) is 6.92 Å². The highest BCUT2D eigenvalue weighted by Gasteiger charge is 2.14. The third-order valence-electron chi connectivity index (χ3n) is 1.70. The van der Waals surface area contributed by atoms with Crippen molar-refractivity contribution in [3.63, 3.8) is 0 Å². The number of carbonyl (C=O) groups is 1. The van der Waals surface area contributed by atoms with Crippen molar-refractivity contribution in [2.45, 2.75) is 19.4 Å². The van der Waals surface area contributed by atoms with Gasteiger partial charge in [-0.1, -0.05) is 0 Å². The number of aromatic amines is 1. The van der Waals surface area contributed by atoms with Crippen LogP contribution in [0.1, 0.15) is 11.5 Å². The Labute approximate surface area is 76.3 Å². The lowest BCUT2D eigenvalue weighted by Crippen LogP contribution is -2.33. The van der Waals surface area contributed by atoms with Gasteiger partial charge in [0.15, 0.2) is 0 Å². The van der Waals surface area contributed by atoms with Crippen LogP contribution in [0.3, 0.4) is 0 Å². The molecule has 1 atom stereocenters. The quantitative estimate of drug-likeness (QED) is 0.634. The lowest BCUT2D eigenvalue weighted by Gasteiger charge is -2.06. The van der Waals surface area contributed by atoms with Gasteiger partial charge < -0.3 is 15.5 Å². The summed E-state index contributed by atoms with van der Waals surface area (Å²) in [6, 6.07) is -0.621. The van der Waals surface area contributed by atoms with Gasteiger partial charge in [-0.3, -0.25) is 4.79 Å². The molecule has 5 heteroatoms. The summed E-state index contributed by atoms with van der Waals surface area (Å²) in [4.78, 5) is 17.9. The molecule has 1 aromatic rings. The largest absolute Gasteiger partial charge is 0.468 e. The van der Waals surface area contributed by atoms with Crippen LogP contribution in [0.25, 0.3) is 0 Å². The molecule has 0 saturated heterocycles. The molecule has 3 N–H and O–H groups in total. The predicted octanol–water partition coefficient (Wildman–Crippen LogP) is -0.239. The normalized spacial score (nSPS) is 12.5. The smallest absolute Gasteiger partial charge is 0.323 e. The Balaban J connectivity index is 2.54. The van der Waals surface area contributed by atoms with Crippen molar-refractivity contribution in [3.8, 4) is 0 Å². The van der Waals surface area contributed by atoms with Gasteiger partial charge in [0.05, 0.1) is 7.11 Å². The minimum absolute atomic E-state index is 0.410. The Hall–Kier alpha value is -1.36. The monoisotopic (exact) mass is 183 g/mol. The van der Waals surface area contributed by atoms with Crippen molar-refractivity contribution in [2.24, 2.45) is 5.73 Å². The van der Waals surface area contributed by atoms with Crippen molar-refractivity contribution >= 4 is 5.97 Å². The number of nitrogens with zero attached hydrogens (tertiary/aromatic N) is 1. The van der Waals surface area contributed by atoms with Crippen molar-refractivity contribution < 1.29 is 9.53 Å². The Morgan fingerprint density at radius 2 is 2.54 bits per heavy atom. The standard InChI is InChI=1S/C8H13N3O2/c1-5-10-4-6(11-5)3-7(9)8(12)13-2/h4,7H,3,9H2,1-2H3,(H,10,11)/t7-/m0/s1. The highest BCUT2D eigenvalue weighted by molar-refractivity contribution is 5.75. The number of rotatable bonds is 3. The number of nitrogens with two attached hydrogens (primary N) is 1. The Kier molecular flexibility index (Phi) is 3.02. The summed E-state index contributed by atoms with van der Waals surface area (Å²) < 4.78 is 4.49. The third kappa shape index (κ3) is 2.55. The zero-order valence-corrected chi connectivity index (χ0v) is 7.70. The van der Waals surface area contributed by atoms with Gasteiger partial charge in [-0.25, -0.2) is 4.98 Å². The van der Waals surface area contributed by atoms with E-state index in [2.05, 4.69) is 14.7 Å². The van der Waals surface area contributed by atoms with Gasteiger partial charge in [-0.2, -0.15) is 0 Å². The molecular weight excluding hydrogens is 170 g/mol. The van der Waals surface area contributed by atoms with E-state index in [0.29, 0.717) is 6.42 Å². The molecule has 0 spiro atoms. The van der Waals surface area contributed by atoms with E-state index in [-0.39, 0.29) is 0 Å². The van der Waals surface area contributed by atoms with Crippen molar-refractivity contribution in [3.05, 3.63) is 17.7 Å². The fourth-order valence-electron chi connectivity index (χ4n) is 1.05. The molecule has 0 aliphatic heterocycles. The zero-order valence-electron chi connectivity index (χ0n) is 7.70. The lowest BCUT2D eigenvalue weighted by atomic mass is 10.2. The van der Waals surface area contributed by atoms with Crippen LogP contribution in [0.2, 0.25) is 0 Å². The van der Waals surface area contributed by atoms with E-state index < -0.39 is 12.0 Å². The van der Waals surface area contributed by atoms with Crippen molar-refractivity contribution in [1.82, 2.24) is 9.97 Å². The topological polar surface area (TPSA) is 81.0 Å². The minimum atomic E-state index is -0.621. The molecule has 0 aromatic carbocycles. The third-order valence-corrected chi connectivity index (χ3v) is 1.70.